The smallest absolute Gasteiger partial charge is 0.220 e. The Labute approximate surface area is 172 Å². The van der Waals surface area contributed by atoms with Crippen LogP contribution in [0, 0.1) is 18.3 Å². The first-order valence-corrected chi connectivity index (χ1v) is 10.1. The Balaban J connectivity index is 1.47. The molecule has 3 rings (SSSR count). The quantitative estimate of drug-likeness (QED) is 0.515. The molecule has 1 heterocycles. The number of rotatable bonds is 13. The molecule has 1 aromatic rings. The summed E-state index contributed by atoms with van der Waals surface area (Å²) in [6.45, 7) is 1.21. The Morgan fingerprint density at radius 1 is 1.24 bits per heavy atom. The molecule has 1 fully saturated rings. The fourth-order valence-electron chi connectivity index (χ4n) is 3.12. The van der Waals surface area contributed by atoms with Gasteiger partial charge in [0.05, 0.1) is 20.8 Å². The summed E-state index contributed by atoms with van der Waals surface area (Å²) in [5, 5.41) is 11.1. The molecule has 2 aliphatic rings. The first-order valence-electron chi connectivity index (χ1n) is 10.1. The Morgan fingerprint density at radius 3 is 2.48 bits per heavy atom. The molecule has 1 aromatic carbocycles. The molecule has 1 aliphatic heterocycles. The minimum absolute atomic E-state index is 0.00861. The molecule has 1 saturated carbocycles. The van der Waals surface area contributed by atoms with Crippen LogP contribution in [-0.2, 0) is 11.2 Å². The molecule has 0 bridgehead atoms. The predicted octanol–water partition coefficient (Wildman–Crippen LogP) is 3.51. The van der Waals surface area contributed by atoms with Crippen molar-refractivity contribution >= 4 is 5.91 Å². The summed E-state index contributed by atoms with van der Waals surface area (Å²) in [6, 6.07) is 3.88. The molecular weight excluding hydrogens is 370 g/mol. The lowest BCUT2D eigenvalue weighted by Gasteiger charge is -2.16. The van der Waals surface area contributed by atoms with E-state index in [2.05, 4.69) is 21.5 Å². The van der Waals surface area contributed by atoms with Gasteiger partial charge in [0, 0.05) is 32.2 Å². The molecule has 0 saturated heterocycles. The van der Waals surface area contributed by atoms with Crippen LogP contribution in [0.3, 0.4) is 0 Å². The van der Waals surface area contributed by atoms with Crippen molar-refractivity contribution in [1.29, 1.82) is 0 Å². The molecule has 1 aliphatic carbocycles. The molecule has 1 N–H and O–H groups in total. The van der Waals surface area contributed by atoms with Crippen molar-refractivity contribution < 1.29 is 19.0 Å². The summed E-state index contributed by atoms with van der Waals surface area (Å²) >= 11 is 0. The third kappa shape index (κ3) is 6.11. The zero-order valence-electron chi connectivity index (χ0n) is 17.2. The molecule has 0 aromatic heterocycles. The van der Waals surface area contributed by atoms with Crippen LogP contribution in [0.15, 0.2) is 22.4 Å². The van der Waals surface area contributed by atoms with Gasteiger partial charge in [-0.25, -0.2) is 0 Å². The summed E-state index contributed by atoms with van der Waals surface area (Å²) in [5.41, 5.74) is 0.594. The lowest BCUT2D eigenvalue weighted by atomic mass is 10.0. The number of carbonyl (C=O) groups is 1. The molecule has 1 amide bonds. The number of nitrogens with zero attached hydrogens (tertiary/aromatic N) is 2. The van der Waals surface area contributed by atoms with Gasteiger partial charge in [0.15, 0.2) is 17.2 Å². The third-order valence-electron chi connectivity index (χ3n) is 5.22. The highest BCUT2D eigenvalue weighted by atomic mass is 16.5. The Morgan fingerprint density at radius 2 is 1.93 bits per heavy atom. The molecule has 0 spiro atoms. The van der Waals surface area contributed by atoms with E-state index in [0.29, 0.717) is 68.4 Å². The molecule has 0 radical (unpaired) electrons. The molecule has 0 unspecified atom stereocenters. The lowest BCUT2D eigenvalue weighted by molar-refractivity contribution is -0.121. The maximum atomic E-state index is 12.1. The number of amides is 1. The zero-order chi connectivity index (χ0) is 20.7. The second-order valence-corrected chi connectivity index (χ2v) is 7.57. The van der Waals surface area contributed by atoms with Gasteiger partial charge in [-0.3, -0.25) is 4.79 Å². The number of ether oxygens (including phenoxy) is 3. The number of benzene rings is 1. The van der Waals surface area contributed by atoms with Gasteiger partial charge in [-0.1, -0.05) is 0 Å². The normalized spacial score (nSPS) is 16.0. The summed E-state index contributed by atoms with van der Waals surface area (Å²) in [4.78, 5) is 12.1. The van der Waals surface area contributed by atoms with Crippen LogP contribution in [0.5, 0.6) is 17.2 Å². The van der Waals surface area contributed by atoms with Crippen molar-refractivity contribution in [2.24, 2.45) is 16.1 Å². The number of terminal acetylenes is 1. The average Bonchev–Trinajstić information content (AvgIpc) is 3.65. The second kappa shape index (κ2) is 9.64. The first kappa shape index (κ1) is 21.0. The third-order valence-corrected chi connectivity index (χ3v) is 5.22. The van der Waals surface area contributed by atoms with Crippen LogP contribution in [0.25, 0.3) is 0 Å². The topological polar surface area (TPSA) is 81.5 Å². The van der Waals surface area contributed by atoms with Crippen molar-refractivity contribution in [3.05, 3.63) is 17.7 Å². The van der Waals surface area contributed by atoms with E-state index in [9.17, 15) is 4.79 Å². The van der Waals surface area contributed by atoms with Gasteiger partial charge < -0.3 is 19.5 Å². The summed E-state index contributed by atoms with van der Waals surface area (Å²) < 4.78 is 16.9. The van der Waals surface area contributed by atoms with E-state index >= 15 is 0 Å². The molecule has 7 heteroatoms. The van der Waals surface area contributed by atoms with Crippen molar-refractivity contribution in [2.75, 3.05) is 27.4 Å². The maximum absolute atomic E-state index is 12.1. The van der Waals surface area contributed by atoms with Crippen LogP contribution in [0.1, 0.15) is 44.1 Å². The van der Waals surface area contributed by atoms with E-state index in [-0.39, 0.29) is 5.91 Å². The van der Waals surface area contributed by atoms with Crippen LogP contribution < -0.4 is 19.5 Å². The van der Waals surface area contributed by atoms with Crippen molar-refractivity contribution in [1.82, 2.24) is 5.32 Å². The van der Waals surface area contributed by atoms with Gasteiger partial charge in [-0.2, -0.15) is 10.2 Å². The first-order chi connectivity index (χ1) is 14.1. The van der Waals surface area contributed by atoms with E-state index in [4.69, 9.17) is 20.6 Å². The fourth-order valence-corrected chi connectivity index (χ4v) is 3.12. The van der Waals surface area contributed by atoms with E-state index in [1.807, 2.05) is 12.1 Å². The van der Waals surface area contributed by atoms with Gasteiger partial charge in [-0.15, -0.1) is 12.3 Å². The number of nitrogens with one attached hydrogen (secondary N) is 1. The van der Waals surface area contributed by atoms with Gasteiger partial charge in [0.1, 0.15) is 0 Å². The number of carbonyl (C=O) groups excluding carboxylic acids is 1. The van der Waals surface area contributed by atoms with E-state index < -0.39 is 5.66 Å². The van der Waals surface area contributed by atoms with E-state index in [1.54, 1.807) is 14.2 Å². The standard InChI is InChI=1S/C22H29N3O4/c1-4-5-10-22(24-25-22)11-8-20(26)23-12-9-17-13-18(27-2)21(19(14-17)28-3)29-15-16-6-7-16/h1,13-14,16H,5-12,15H2,2-3H3,(H,23,26). The van der Waals surface area contributed by atoms with Crippen molar-refractivity contribution in [2.45, 2.75) is 50.6 Å². The van der Waals surface area contributed by atoms with Crippen LogP contribution in [0.4, 0.5) is 0 Å². The minimum Gasteiger partial charge on any atom is -0.493 e. The molecule has 156 valence electrons. The lowest BCUT2D eigenvalue weighted by Crippen LogP contribution is -2.27. The number of hydrogen-bond donors (Lipinski definition) is 1. The SMILES string of the molecule is C#CCCC1(CCC(=O)NCCc2cc(OC)c(OCC3CC3)c(OC)c2)N=N1. The van der Waals surface area contributed by atoms with Crippen molar-refractivity contribution in [3.8, 4) is 29.6 Å². The van der Waals surface area contributed by atoms with Crippen molar-refractivity contribution in [3.63, 3.8) is 0 Å². The Hall–Kier alpha value is -2.75. The monoisotopic (exact) mass is 399 g/mol. The number of methoxy groups -OCH3 is 2. The van der Waals surface area contributed by atoms with Crippen LogP contribution in [-0.4, -0.2) is 38.9 Å². The zero-order valence-corrected chi connectivity index (χ0v) is 17.2. The largest absolute Gasteiger partial charge is 0.493 e. The highest BCUT2D eigenvalue weighted by Crippen LogP contribution is 2.40. The van der Waals surface area contributed by atoms with Crippen LogP contribution >= 0.6 is 0 Å². The molecule has 0 atom stereocenters. The average molecular weight is 399 g/mol. The summed E-state index contributed by atoms with van der Waals surface area (Å²) in [6.07, 6.45) is 10.7. The summed E-state index contributed by atoms with van der Waals surface area (Å²) in [7, 11) is 3.24. The van der Waals surface area contributed by atoms with E-state index in [1.165, 1.54) is 12.8 Å². The fraction of sp³-hybridized carbons (Fsp3) is 0.591. The molecule has 29 heavy (non-hydrogen) atoms. The summed E-state index contributed by atoms with van der Waals surface area (Å²) in [5.74, 6) is 5.17. The highest BCUT2D eigenvalue weighted by molar-refractivity contribution is 5.76. The highest BCUT2D eigenvalue weighted by Gasteiger charge is 2.39. The molecular formula is C22H29N3O4. The van der Waals surface area contributed by atoms with Gasteiger partial charge in [-0.05, 0) is 42.9 Å². The van der Waals surface area contributed by atoms with Gasteiger partial charge in [0.2, 0.25) is 11.7 Å². The predicted molar refractivity (Wildman–Crippen MR) is 109 cm³/mol. The second-order valence-electron chi connectivity index (χ2n) is 7.57. The minimum atomic E-state index is -0.416. The van der Waals surface area contributed by atoms with E-state index in [0.717, 1.165) is 5.56 Å². The Bertz CT molecular complexity index is 765. The maximum Gasteiger partial charge on any atom is 0.220 e. The number of hydrogen-bond acceptors (Lipinski definition) is 6. The van der Waals surface area contributed by atoms with Gasteiger partial charge >= 0.3 is 0 Å². The molecule has 7 nitrogen and oxygen atoms in total. The van der Waals surface area contributed by atoms with Gasteiger partial charge in [0.25, 0.3) is 0 Å². The van der Waals surface area contributed by atoms with Crippen LogP contribution in [0.2, 0.25) is 0 Å². The Kier molecular flexibility index (Phi) is 6.97.